The monoisotopic (exact) mass is 272 g/mol. The van der Waals surface area contributed by atoms with Crippen LogP contribution in [-0.2, 0) is 9.53 Å². The molecule has 0 amide bonds. The van der Waals surface area contributed by atoms with E-state index in [1.807, 2.05) is 30.3 Å². The SMILES string of the molecule is COC(=O)/C(=C\Br)Sc1ccccc1. The minimum Gasteiger partial charge on any atom is -0.465 e. The molecule has 0 spiro atoms. The third kappa shape index (κ3) is 3.20. The average Bonchev–Trinajstić information content (AvgIpc) is 2.26. The summed E-state index contributed by atoms with van der Waals surface area (Å²) in [5.41, 5.74) is 0. The van der Waals surface area contributed by atoms with Gasteiger partial charge >= 0.3 is 5.97 Å². The highest BCUT2D eigenvalue weighted by Gasteiger charge is 2.09. The quantitative estimate of drug-likeness (QED) is 0.480. The Labute approximate surface area is 95.5 Å². The predicted octanol–water partition coefficient (Wildman–Crippen LogP) is 3.19. The van der Waals surface area contributed by atoms with Crippen molar-refractivity contribution < 1.29 is 9.53 Å². The Kier molecular flexibility index (Phi) is 4.76. The Morgan fingerprint density at radius 1 is 1.43 bits per heavy atom. The molecule has 0 fully saturated rings. The lowest BCUT2D eigenvalue weighted by Gasteiger charge is -2.03. The summed E-state index contributed by atoms with van der Waals surface area (Å²) in [4.78, 5) is 14.3. The first-order chi connectivity index (χ1) is 6.77. The summed E-state index contributed by atoms with van der Waals surface area (Å²) in [6.07, 6.45) is 0. The molecule has 0 N–H and O–H groups in total. The van der Waals surface area contributed by atoms with Crippen molar-refractivity contribution in [2.24, 2.45) is 0 Å². The van der Waals surface area contributed by atoms with Gasteiger partial charge < -0.3 is 4.74 Å². The van der Waals surface area contributed by atoms with E-state index in [9.17, 15) is 4.79 Å². The number of esters is 1. The highest BCUT2D eigenvalue weighted by Crippen LogP contribution is 2.27. The van der Waals surface area contributed by atoms with E-state index < -0.39 is 0 Å². The molecule has 1 aromatic carbocycles. The van der Waals surface area contributed by atoms with Gasteiger partial charge in [0.15, 0.2) is 0 Å². The van der Waals surface area contributed by atoms with E-state index in [1.165, 1.54) is 18.9 Å². The summed E-state index contributed by atoms with van der Waals surface area (Å²) in [6, 6.07) is 9.64. The summed E-state index contributed by atoms with van der Waals surface area (Å²) >= 11 is 4.49. The zero-order chi connectivity index (χ0) is 10.4. The van der Waals surface area contributed by atoms with Crippen molar-refractivity contribution in [2.45, 2.75) is 4.90 Å². The molecule has 0 saturated carbocycles. The van der Waals surface area contributed by atoms with Gasteiger partial charge in [-0.05, 0) is 12.1 Å². The molecule has 0 aliphatic heterocycles. The van der Waals surface area contributed by atoms with Gasteiger partial charge in [-0.15, -0.1) is 0 Å². The van der Waals surface area contributed by atoms with E-state index in [4.69, 9.17) is 0 Å². The standard InChI is InChI=1S/C10H9BrO2S/c1-13-10(12)9(7-11)14-8-5-3-2-4-6-8/h2-7H,1H3/b9-7+. The molecule has 0 saturated heterocycles. The first-order valence-corrected chi connectivity index (χ1v) is 5.62. The van der Waals surface area contributed by atoms with Crippen molar-refractivity contribution in [1.82, 2.24) is 0 Å². The fourth-order valence-corrected chi connectivity index (χ4v) is 2.05. The van der Waals surface area contributed by atoms with Gasteiger partial charge in [0.25, 0.3) is 0 Å². The van der Waals surface area contributed by atoms with Gasteiger partial charge in [0.2, 0.25) is 0 Å². The molecule has 0 bridgehead atoms. The lowest BCUT2D eigenvalue weighted by atomic mass is 10.4. The molecular weight excluding hydrogens is 264 g/mol. The number of thioether (sulfide) groups is 1. The maximum absolute atomic E-state index is 11.2. The molecule has 1 rings (SSSR count). The maximum Gasteiger partial charge on any atom is 0.345 e. The van der Waals surface area contributed by atoms with Crippen molar-refractivity contribution in [3.05, 3.63) is 40.2 Å². The van der Waals surface area contributed by atoms with Gasteiger partial charge in [-0.2, -0.15) is 0 Å². The van der Waals surface area contributed by atoms with Crippen molar-refractivity contribution in [2.75, 3.05) is 7.11 Å². The van der Waals surface area contributed by atoms with E-state index in [1.54, 1.807) is 4.99 Å². The molecule has 0 radical (unpaired) electrons. The highest BCUT2D eigenvalue weighted by molar-refractivity contribution is 9.11. The van der Waals surface area contributed by atoms with Crippen LogP contribution in [0.1, 0.15) is 0 Å². The third-order valence-corrected chi connectivity index (χ3v) is 3.23. The molecule has 0 atom stereocenters. The number of benzene rings is 1. The van der Waals surface area contributed by atoms with Crippen LogP contribution < -0.4 is 0 Å². The summed E-state index contributed by atoms with van der Waals surface area (Å²) < 4.78 is 4.62. The molecule has 4 heteroatoms. The van der Waals surface area contributed by atoms with E-state index in [0.717, 1.165) is 4.90 Å². The fourth-order valence-electron chi connectivity index (χ4n) is 0.825. The number of halogens is 1. The van der Waals surface area contributed by atoms with Crippen LogP contribution in [-0.4, -0.2) is 13.1 Å². The van der Waals surface area contributed by atoms with Crippen molar-refractivity contribution >= 4 is 33.7 Å². The number of hydrogen-bond acceptors (Lipinski definition) is 3. The Morgan fingerprint density at radius 2 is 2.07 bits per heavy atom. The number of methoxy groups -OCH3 is 1. The number of carbonyl (C=O) groups is 1. The Bertz CT molecular complexity index is 335. The minimum atomic E-state index is -0.337. The highest BCUT2D eigenvalue weighted by atomic mass is 79.9. The lowest BCUT2D eigenvalue weighted by Crippen LogP contribution is -2.00. The second-order valence-corrected chi connectivity index (χ2v) is 3.95. The van der Waals surface area contributed by atoms with E-state index in [-0.39, 0.29) is 5.97 Å². The van der Waals surface area contributed by atoms with Crippen LogP contribution in [0.2, 0.25) is 0 Å². The molecule has 1 aromatic rings. The molecule has 0 unspecified atom stereocenters. The second-order valence-electron chi connectivity index (χ2n) is 2.38. The molecule has 0 heterocycles. The van der Waals surface area contributed by atoms with Crippen LogP contribution in [0.3, 0.4) is 0 Å². The van der Waals surface area contributed by atoms with Gasteiger partial charge in [-0.1, -0.05) is 45.9 Å². The number of carbonyl (C=O) groups excluding carboxylic acids is 1. The zero-order valence-corrected chi connectivity index (χ0v) is 9.97. The van der Waals surface area contributed by atoms with Gasteiger partial charge in [0.05, 0.1) is 7.11 Å². The topological polar surface area (TPSA) is 26.3 Å². The molecule has 0 aliphatic rings. The normalized spacial score (nSPS) is 11.1. The number of ether oxygens (including phenoxy) is 1. The van der Waals surface area contributed by atoms with Gasteiger partial charge in [0.1, 0.15) is 4.91 Å². The fraction of sp³-hybridized carbons (Fsp3) is 0.100. The first kappa shape index (κ1) is 11.3. The minimum absolute atomic E-state index is 0.337. The Hall–Kier alpha value is -0.740. The van der Waals surface area contributed by atoms with Gasteiger partial charge in [-0.25, -0.2) is 4.79 Å². The summed E-state index contributed by atoms with van der Waals surface area (Å²) in [7, 11) is 1.37. The van der Waals surface area contributed by atoms with Crippen LogP contribution in [0.4, 0.5) is 0 Å². The predicted molar refractivity (Wildman–Crippen MR) is 61.3 cm³/mol. The Balaban J connectivity index is 2.73. The van der Waals surface area contributed by atoms with E-state index in [2.05, 4.69) is 20.7 Å². The average molecular weight is 273 g/mol. The largest absolute Gasteiger partial charge is 0.465 e. The zero-order valence-electron chi connectivity index (χ0n) is 7.57. The Morgan fingerprint density at radius 3 is 2.57 bits per heavy atom. The van der Waals surface area contributed by atoms with Crippen LogP contribution in [0.5, 0.6) is 0 Å². The second kappa shape index (κ2) is 5.88. The number of hydrogen-bond donors (Lipinski definition) is 0. The van der Waals surface area contributed by atoms with E-state index in [0.29, 0.717) is 4.91 Å². The van der Waals surface area contributed by atoms with E-state index >= 15 is 0 Å². The van der Waals surface area contributed by atoms with Crippen molar-refractivity contribution in [3.63, 3.8) is 0 Å². The summed E-state index contributed by atoms with van der Waals surface area (Å²) in [5.74, 6) is -0.337. The number of rotatable bonds is 3. The molecule has 0 aromatic heterocycles. The van der Waals surface area contributed by atoms with Crippen LogP contribution >= 0.6 is 27.7 Å². The van der Waals surface area contributed by atoms with Crippen LogP contribution in [0, 0.1) is 0 Å². The summed E-state index contributed by atoms with van der Waals surface area (Å²) in [5, 5.41) is 0. The molecule has 0 aliphatic carbocycles. The van der Waals surface area contributed by atoms with Crippen LogP contribution in [0.25, 0.3) is 0 Å². The molecule has 74 valence electrons. The van der Waals surface area contributed by atoms with Gasteiger partial charge in [-0.3, -0.25) is 0 Å². The van der Waals surface area contributed by atoms with Gasteiger partial charge in [0, 0.05) is 9.88 Å². The third-order valence-electron chi connectivity index (χ3n) is 1.46. The maximum atomic E-state index is 11.2. The first-order valence-electron chi connectivity index (χ1n) is 3.89. The van der Waals surface area contributed by atoms with Crippen LogP contribution in [0.15, 0.2) is 45.1 Å². The van der Waals surface area contributed by atoms with Crippen molar-refractivity contribution in [3.8, 4) is 0 Å². The molecular formula is C10H9BrO2S. The molecule has 2 nitrogen and oxygen atoms in total. The van der Waals surface area contributed by atoms with Crippen molar-refractivity contribution in [1.29, 1.82) is 0 Å². The molecule has 14 heavy (non-hydrogen) atoms. The lowest BCUT2D eigenvalue weighted by molar-refractivity contribution is -0.135. The smallest absolute Gasteiger partial charge is 0.345 e. The summed E-state index contributed by atoms with van der Waals surface area (Å²) in [6.45, 7) is 0.